The number of likely N-dealkylation sites (N-methyl/N-ethyl adjacent to an activating group) is 1. The number of pyridine rings is 1. The van der Waals surface area contributed by atoms with Crippen LogP contribution in [0, 0.1) is 0 Å². The van der Waals surface area contributed by atoms with Crippen molar-refractivity contribution >= 4 is 23.0 Å². The highest BCUT2D eigenvalue weighted by molar-refractivity contribution is 7.80. The van der Waals surface area contributed by atoms with Crippen LogP contribution in [0.25, 0.3) is 0 Å². The van der Waals surface area contributed by atoms with Gasteiger partial charge in [-0.1, -0.05) is 6.92 Å². The smallest absolute Gasteiger partial charge is 0.189 e. The molecule has 7 heteroatoms. The van der Waals surface area contributed by atoms with E-state index in [4.69, 9.17) is 17.0 Å². The van der Waals surface area contributed by atoms with E-state index in [-0.39, 0.29) is 0 Å². The molecule has 1 aromatic heterocycles. The summed E-state index contributed by atoms with van der Waals surface area (Å²) in [5.74, 6) is 0.790. The van der Waals surface area contributed by atoms with Crippen LogP contribution in [0.2, 0.25) is 0 Å². The summed E-state index contributed by atoms with van der Waals surface area (Å²) in [7, 11) is 0. The molecule has 3 heterocycles. The van der Waals surface area contributed by atoms with Crippen LogP contribution in [0.15, 0.2) is 23.4 Å². The lowest BCUT2D eigenvalue weighted by Gasteiger charge is -2.23. The highest BCUT2D eigenvalue weighted by atomic mass is 32.1. The van der Waals surface area contributed by atoms with Gasteiger partial charge in [0.05, 0.1) is 12.3 Å². The van der Waals surface area contributed by atoms with E-state index in [0.717, 1.165) is 62.7 Å². The SMILES string of the molecule is CCN1CCCN(C(=S)N/N=C2/CCOc3cccnc32)CC1. The molecular formula is C16H23N5OS. The summed E-state index contributed by atoms with van der Waals surface area (Å²) in [5, 5.41) is 5.19. The summed E-state index contributed by atoms with van der Waals surface area (Å²) >= 11 is 5.51. The molecule has 0 aliphatic carbocycles. The molecular weight excluding hydrogens is 310 g/mol. The van der Waals surface area contributed by atoms with Gasteiger partial charge in [0.2, 0.25) is 0 Å². The van der Waals surface area contributed by atoms with Gasteiger partial charge in [-0.25, -0.2) is 0 Å². The van der Waals surface area contributed by atoms with Crippen LogP contribution in [-0.2, 0) is 0 Å². The van der Waals surface area contributed by atoms with Gasteiger partial charge in [0, 0.05) is 32.3 Å². The lowest BCUT2D eigenvalue weighted by Crippen LogP contribution is -2.40. The summed E-state index contributed by atoms with van der Waals surface area (Å²) in [6.45, 7) is 8.03. The van der Waals surface area contributed by atoms with E-state index in [0.29, 0.717) is 11.7 Å². The van der Waals surface area contributed by atoms with Crippen molar-refractivity contribution in [3.63, 3.8) is 0 Å². The predicted molar refractivity (Wildman–Crippen MR) is 94.9 cm³/mol. The molecule has 0 unspecified atom stereocenters. The highest BCUT2D eigenvalue weighted by Crippen LogP contribution is 2.21. The first-order chi connectivity index (χ1) is 11.3. The summed E-state index contributed by atoms with van der Waals surface area (Å²) in [6.07, 6.45) is 3.63. The van der Waals surface area contributed by atoms with Crippen molar-refractivity contribution in [2.45, 2.75) is 19.8 Å². The quantitative estimate of drug-likeness (QED) is 0.653. The fourth-order valence-electron chi connectivity index (χ4n) is 2.88. The van der Waals surface area contributed by atoms with E-state index in [9.17, 15) is 0 Å². The average Bonchev–Trinajstić information content (AvgIpc) is 2.85. The maximum absolute atomic E-state index is 5.60. The number of hydrogen-bond acceptors (Lipinski definition) is 5. The molecule has 1 N–H and O–H groups in total. The van der Waals surface area contributed by atoms with E-state index in [1.807, 2.05) is 12.1 Å². The zero-order chi connectivity index (χ0) is 16.1. The number of hydrogen-bond donors (Lipinski definition) is 1. The molecule has 124 valence electrons. The third-order valence-corrected chi connectivity index (χ3v) is 4.60. The number of fused-ring (bicyclic) bond motifs is 1. The van der Waals surface area contributed by atoms with Crippen molar-refractivity contribution in [3.8, 4) is 5.75 Å². The lowest BCUT2D eigenvalue weighted by atomic mass is 10.1. The van der Waals surface area contributed by atoms with Crippen molar-refractivity contribution in [2.75, 3.05) is 39.3 Å². The minimum absolute atomic E-state index is 0.626. The predicted octanol–water partition coefficient (Wildman–Crippen LogP) is 1.47. The van der Waals surface area contributed by atoms with E-state index >= 15 is 0 Å². The van der Waals surface area contributed by atoms with Crippen molar-refractivity contribution < 1.29 is 4.74 Å². The molecule has 3 rings (SSSR count). The largest absolute Gasteiger partial charge is 0.491 e. The first-order valence-electron chi connectivity index (χ1n) is 8.20. The zero-order valence-electron chi connectivity index (χ0n) is 13.5. The minimum atomic E-state index is 0.626. The number of nitrogens with zero attached hydrogens (tertiary/aromatic N) is 4. The number of thiocarbonyl (C=S) groups is 1. The Balaban J connectivity index is 1.63. The van der Waals surface area contributed by atoms with Crippen molar-refractivity contribution in [3.05, 3.63) is 24.0 Å². The molecule has 1 aromatic rings. The van der Waals surface area contributed by atoms with Gasteiger partial charge < -0.3 is 14.5 Å². The Labute approximate surface area is 142 Å². The Kier molecular flexibility index (Phi) is 5.40. The molecule has 1 fully saturated rings. The summed E-state index contributed by atoms with van der Waals surface area (Å²) in [6, 6.07) is 3.79. The third kappa shape index (κ3) is 3.97. The van der Waals surface area contributed by atoms with Crippen molar-refractivity contribution in [1.29, 1.82) is 0 Å². The van der Waals surface area contributed by atoms with Gasteiger partial charge in [0.1, 0.15) is 11.4 Å². The van der Waals surface area contributed by atoms with Crippen molar-refractivity contribution in [1.82, 2.24) is 20.2 Å². The van der Waals surface area contributed by atoms with Gasteiger partial charge in [0.25, 0.3) is 0 Å². The number of ether oxygens (including phenoxy) is 1. The molecule has 0 saturated carbocycles. The molecule has 0 atom stereocenters. The second-order valence-electron chi connectivity index (χ2n) is 5.70. The van der Waals surface area contributed by atoms with Crippen LogP contribution in [0.5, 0.6) is 5.75 Å². The van der Waals surface area contributed by atoms with E-state index in [1.54, 1.807) is 6.20 Å². The third-order valence-electron chi connectivity index (χ3n) is 4.25. The summed E-state index contributed by atoms with van der Waals surface area (Å²) < 4.78 is 5.60. The Hall–Kier alpha value is -1.73. The van der Waals surface area contributed by atoms with Crippen LogP contribution in [-0.4, -0.2) is 64.9 Å². The van der Waals surface area contributed by atoms with Crippen LogP contribution in [0.1, 0.15) is 25.5 Å². The molecule has 0 aromatic carbocycles. The van der Waals surface area contributed by atoms with Crippen LogP contribution in [0.3, 0.4) is 0 Å². The van der Waals surface area contributed by atoms with Gasteiger partial charge in [-0.2, -0.15) is 5.10 Å². The van der Waals surface area contributed by atoms with E-state index in [2.05, 4.69) is 32.2 Å². The standard InChI is InChI=1S/C16H23N5OS/c1-2-20-8-4-9-21(11-10-20)16(23)19-18-13-6-12-22-14-5-3-7-17-15(13)14/h3,5,7H,2,4,6,8-12H2,1H3,(H,19,23)/b18-13-. The molecule has 0 radical (unpaired) electrons. The molecule has 2 aliphatic heterocycles. The topological polar surface area (TPSA) is 53.0 Å². The zero-order valence-corrected chi connectivity index (χ0v) is 14.3. The first kappa shape index (κ1) is 16.1. The van der Waals surface area contributed by atoms with Gasteiger partial charge in [-0.05, 0) is 43.9 Å². The summed E-state index contributed by atoms with van der Waals surface area (Å²) in [5.41, 5.74) is 4.76. The van der Waals surface area contributed by atoms with Crippen LogP contribution >= 0.6 is 12.2 Å². The van der Waals surface area contributed by atoms with Crippen LogP contribution in [0.4, 0.5) is 0 Å². The second kappa shape index (κ2) is 7.70. The lowest BCUT2D eigenvalue weighted by molar-refractivity contribution is 0.300. The monoisotopic (exact) mass is 333 g/mol. The maximum Gasteiger partial charge on any atom is 0.189 e. The van der Waals surface area contributed by atoms with E-state index < -0.39 is 0 Å². The highest BCUT2D eigenvalue weighted by Gasteiger charge is 2.19. The Morgan fingerprint density at radius 3 is 3.17 bits per heavy atom. The van der Waals surface area contributed by atoms with Gasteiger partial charge in [-0.15, -0.1) is 0 Å². The normalized spacial score (nSPS) is 20.6. The van der Waals surface area contributed by atoms with Crippen molar-refractivity contribution in [2.24, 2.45) is 5.10 Å². The molecule has 23 heavy (non-hydrogen) atoms. The number of aromatic nitrogens is 1. The molecule has 0 bridgehead atoms. The molecule has 1 saturated heterocycles. The van der Waals surface area contributed by atoms with Gasteiger partial charge in [-0.3, -0.25) is 10.4 Å². The van der Waals surface area contributed by atoms with Gasteiger partial charge >= 0.3 is 0 Å². The fraction of sp³-hybridized carbons (Fsp3) is 0.562. The summed E-state index contributed by atoms with van der Waals surface area (Å²) in [4.78, 5) is 9.02. The maximum atomic E-state index is 5.60. The average molecular weight is 333 g/mol. The first-order valence-corrected chi connectivity index (χ1v) is 8.60. The number of rotatable bonds is 2. The second-order valence-corrected chi connectivity index (χ2v) is 6.09. The van der Waals surface area contributed by atoms with Gasteiger partial charge in [0.15, 0.2) is 5.11 Å². The minimum Gasteiger partial charge on any atom is -0.491 e. The Morgan fingerprint density at radius 1 is 1.39 bits per heavy atom. The number of nitrogens with one attached hydrogen (secondary N) is 1. The molecule has 2 aliphatic rings. The van der Waals surface area contributed by atoms with Crippen LogP contribution < -0.4 is 10.2 Å². The molecule has 0 amide bonds. The fourth-order valence-corrected chi connectivity index (χ4v) is 3.11. The van der Waals surface area contributed by atoms with E-state index in [1.165, 1.54) is 0 Å². The molecule has 0 spiro atoms. The molecule has 6 nitrogen and oxygen atoms in total. The Bertz CT molecular complexity index is 592. The Morgan fingerprint density at radius 2 is 2.30 bits per heavy atom. The number of hydrazone groups is 1.